The highest BCUT2D eigenvalue weighted by atomic mass is 16.5. The van der Waals surface area contributed by atoms with Crippen LogP contribution in [0.15, 0.2) is 42.5 Å². The maximum absolute atomic E-state index is 13.0. The molecular weight excluding hydrogens is 564 g/mol. The maximum atomic E-state index is 13.0. The number of aliphatic carboxylic acids is 1. The standard InChI is InChI=1S/C39H54O6/c1-23(2)26-16-19-39(34(43)44)21-20-36(5)27(32(26)39)13-14-30-37(36,6)18-17-29-35(3,4)33(42)28(38(29,30)7)22-45-31(41)15-10-24-8-11-25(40)12-9-24/h8-12,15,26-30,32-33,40,42H,1,13-14,16-22H2,2-7H3,(H,43,44)/t26-,27+,28+,29-,30-,32+,33+,36+,37+,38-,39-/m0/s1. The van der Waals surface area contributed by atoms with Gasteiger partial charge in [0.15, 0.2) is 0 Å². The molecule has 3 N–H and O–H groups in total. The summed E-state index contributed by atoms with van der Waals surface area (Å²) in [5.41, 5.74) is 0.713. The Kier molecular flexibility index (Phi) is 7.70. The zero-order chi connectivity index (χ0) is 32.7. The number of phenols is 1. The van der Waals surface area contributed by atoms with Crippen LogP contribution in [0.1, 0.15) is 98.5 Å². The van der Waals surface area contributed by atoms with Gasteiger partial charge in [-0.1, -0.05) is 58.9 Å². The summed E-state index contributed by atoms with van der Waals surface area (Å²) < 4.78 is 5.92. The summed E-state index contributed by atoms with van der Waals surface area (Å²) in [5, 5.41) is 32.1. The van der Waals surface area contributed by atoms with E-state index >= 15 is 0 Å². The van der Waals surface area contributed by atoms with Gasteiger partial charge < -0.3 is 20.1 Å². The topological polar surface area (TPSA) is 104 Å². The van der Waals surface area contributed by atoms with Crippen LogP contribution in [0.4, 0.5) is 0 Å². The van der Waals surface area contributed by atoms with Crippen molar-refractivity contribution in [2.24, 2.45) is 62.6 Å². The third kappa shape index (κ3) is 4.43. The summed E-state index contributed by atoms with van der Waals surface area (Å²) >= 11 is 0. The lowest BCUT2D eigenvalue weighted by atomic mass is 9.34. The van der Waals surface area contributed by atoms with Crippen LogP contribution in [0.2, 0.25) is 0 Å². The summed E-state index contributed by atoms with van der Waals surface area (Å²) in [6, 6.07) is 6.64. The van der Waals surface area contributed by atoms with Crippen LogP contribution in [0.25, 0.3) is 6.08 Å². The van der Waals surface area contributed by atoms with E-state index in [4.69, 9.17) is 4.74 Å². The minimum Gasteiger partial charge on any atom is -0.508 e. The van der Waals surface area contributed by atoms with Gasteiger partial charge in [0.2, 0.25) is 0 Å². The Balaban J connectivity index is 1.30. The van der Waals surface area contributed by atoms with Crippen molar-refractivity contribution in [3.05, 3.63) is 48.1 Å². The van der Waals surface area contributed by atoms with E-state index in [0.717, 1.165) is 62.5 Å². The number of rotatable bonds is 6. The first kappa shape index (κ1) is 32.3. The summed E-state index contributed by atoms with van der Waals surface area (Å²) in [6.45, 7) is 18.4. The number of hydrogen-bond acceptors (Lipinski definition) is 5. The van der Waals surface area contributed by atoms with E-state index in [2.05, 4.69) is 48.1 Å². The Morgan fingerprint density at radius 1 is 0.933 bits per heavy atom. The molecule has 246 valence electrons. The molecule has 6 heteroatoms. The molecule has 0 saturated heterocycles. The van der Waals surface area contributed by atoms with Crippen molar-refractivity contribution in [2.45, 2.75) is 99.0 Å². The molecule has 11 atom stereocenters. The van der Waals surface area contributed by atoms with Crippen LogP contribution in [0.5, 0.6) is 5.75 Å². The fraction of sp³-hybridized carbons (Fsp3) is 0.692. The average Bonchev–Trinajstić information content (AvgIpc) is 3.44. The first-order chi connectivity index (χ1) is 21.0. The van der Waals surface area contributed by atoms with Crippen molar-refractivity contribution < 1.29 is 29.6 Å². The zero-order valence-electron chi connectivity index (χ0n) is 28.1. The number of carboxylic acids is 1. The number of ether oxygens (including phenoxy) is 1. The molecule has 0 aromatic heterocycles. The third-order valence-electron chi connectivity index (χ3n) is 15.2. The lowest BCUT2D eigenvalue weighted by molar-refractivity contribution is -0.229. The fourth-order valence-corrected chi connectivity index (χ4v) is 12.8. The molecule has 5 fully saturated rings. The molecule has 1 aromatic carbocycles. The van der Waals surface area contributed by atoms with Crippen LogP contribution < -0.4 is 0 Å². The number of phenolic OH excluding ortho intramolecular Hbond substituents is 1. The highest BCUT2D eigenvalue weighted by molar-refractivity contribution is 5.87. The van der Waals surface area contributed by atoms with Gasteiger partial charge in [-0.25, -0.2) is 4.79 Å². The van der Waals surface area contributed by atoms with E-state index in [1.807, 2.05) is 0 Å². The number of carbonyl (C=O) groups is 2. The fourth-order valence-electron chi connectivity index (χ4n) is 12.8. The Bertz CT molecular complexity index is 1390. The summed E-state index contributed by atoms with van der Waals surface area (Å²) in [6.07, 6.45) is 9.94. The lowest BCUT2D eigenvalue weighted by Gasteiger charge is -2.70. The summed E-state index contributed by atoms with van der Waals surface area (Å²) in [5.74, 6) is 0.279. The van der Waals surface area contributed by atoms with Gasteiger partial charge in [-0.05, 0) is 133 Å². The van der Waals surface area contributed by atoms with Gasteiger partial charge >= 0.3 is 11.9 Å². The molecule has 0 spiro atoms. The number of carboxylic acid groups (broad SMARTS) is 1. The molecule has 0 aliphatic heterocycles. The number of carbonyl (C=O) groups excluding carboxylic acids is 1. The molecule has 0 unspecified atom stereocenters. The molecule has 0 radical (unpaired) electrons. The molecule has 6 rings (SSSR count). The van der Waals surface area contributed by atoms with Gasteiger partial charge in [-0.3, -0.25) is 4.79 Å². The average molecular weight is 619 g/mol. The van der Waals surface area contributed by atoms with Gasteiger partial charge in [-0.2, -0.15) is 0 Å². The highest BCUT2D eigenvalue weighted by Gasteiger charge is 2.75. The Morgan fingerprint density at radius 2 is 1.62 bits per heavy atom. The SMILES string of the molecule is C=C(C)[C@@H]1CC[C@]2(C(=O)O)CC[C@]3(C)[C@H](CC[C@@H]4[C@@]5(C)[C@H](COC(=O)C=Cc6ccc(O)cc6)[C@@H](O)C(C)(C)[C@@H]5CC[C@]43C)[C@@H]12. The van der Waals surface area contributed by atoms with Gasteiger partial charge in [-0.15, -0.1) is 0 Å². The molecule has 1 aromatic rings. The molecule has 0 bridgehead atoms. The van der Waals surface area contributed by atoms with E-state index in [9.17, 15) is 24.9 Å². The van der Waals surface area contributed by atoms with Crippen molar-refractivity contribution in [1.29, 1.82) is 0 Å². The van der Waals surface area contributed by atoms with Crippen LogP contribution in [0.3, 0.4) is 0 Å². The van der Waals surface area contributed by atoms with Gasteiger partial charge in [0.25, 0.3) is 0 Å². The predicted molar refractivity (Wildman–Crippen MR) is 175 cm³/mol. The van der Waals surface area contributed by atoms with E-state index in [-0.39, 0.29) is 51.8 Å². The number of esters is 1. The minimum absolute atomic E-state index is 0.0165. The van der Waals surface area contributed by atoms with Crippen molar-refractivity contribution in [2.75, 3.05) is 6.61 Å². The van der Waals surface area contributed by atoms with Gasteiger partial charge in [0, 0.05) is 12.0 Å². The van der Waals surface area contributed by atoms with Gasteiger partial charge in [0.05, 0.1) is 18.1 Å². The van der Waals surface area contributed by atoms with Crippen LogP contribution in [0, 0.1) is 62.6 Å². The second kappa shape index (κ2) is 10.7. The molecule has 45 heavy (non-hydrogen) atoms. The quantitative estimate of drug-likeness (QED) is 0.170. The van der Waals surface area contributed by atoms with Crippen LogP contribution >= 0.6 is 0 Å². The van der Waals surface area contributed by atoms with Crippen molar-refractivity contribution in [3.63, 3.8) is 0 Å². The molecule has 0 heterocycles. The number of allylic oxidation sites excluding steroid dienone is 1. The van der Waals surface area contributed by atoms with Crippen LogP contribution in [-0.2, 0) is 14.3 Å². The molecule has 5 aliphatic rings. The van der Waals surface area contributed by atoms with E-state index in [1.54, 1.807) is 30.3 Å². The summed E-state index contributed by atoms with van der Waals surface area (Å²) in [7, 11) is 0. The first-order valence-electron chi connectivity index (χ1n) is 17.2. The van der Waals surface area contributed by atoms with Crippen molar-refractivity contribution in [3.8, 4) is 5.75 Å². The van der Waals surface area contributed by atoms with Crippen molar-refractivity contribution >= 4 is 18.0 Å². The van der Waals surface area contributed by atoms with Crippen LogP contribution in [-0.4, -0.2) is 40.0 Å². The molecule has 0 amide bonds. The Labute approximate surface area is 269 Å². The number of aliphatic hydroxyl groups is 1. The number of aliphatic hydroxyl groups excluding tert-OH is 1. The normalized spacial score (nSPS) is 44.8. The number of fused-ring (bicyclic) bond motifs is 7. The Morgan fingerprint density at radius 3 is 2.27 bits per heavy atom. The number of aromatic hydroxyl groups is 1. The second-order valence-corrected chi connectivity index (χ2v) is 16.9. The molecule has 5 aliphatic carbocycles. The van der Waals surface area contributed by atoms with E-state index in [0.29, 0.717) is 17.8 Å². The predicted octanol–water partition coefficient (Wildman–Crippen LogP) is 7.89. The smallest absolute Gasteiger partial charge is 0.330 e. The molecule has 5 saturated carbocycles. The Hall–Kier alpha value is -2.60. The highest BCUT2D eigenvalue weighted by Crippen LogP contribution is 2.79. The van der Waals surface area contributed by atoms with E-state index < -0.39 is 23.5 Å². The maximum Gasteiger partial charge on any atom is 0.330 e. The largest absolute Gasteiger partial charge is 0.508 e. The minimum atomic E-state index is -0.645. The van der Waals surface area contributed by atoms with Gasteiger partial charge in [0.1, 0.15) is 5.75 Å². The van der Waals surface area contributed by atoms with E-state index in [1.165, 1.54) is 6.08 Å². The molecule has 6 nitrogen and oxygen atoms in total. The second-order valence-electron chi connectivity index (χ2n) is 16.9. The first-order valence-corrected chi connectivity index (χ1v) is 17.2. The number of benzene rings is 1. The molecular formula is C39H54O6. The monoisotopic (exact) mass is 618 g/mol. The zero-order valence-corrected chi connectivity index (χ0v) is 28.1. The van der Waals surface area contributed by atoms with Crippen molar-refractivity contribution in [1.82, 2.24) is 0 Å². The third-order valence-corrected chi connectivity index (χ3v) is 15.2. The summed E-state index contributed by atoms with van der Waals surface area (Å²) in [4.78, 5) is 25.9. The lowest BCUT2D eigenvalue weighted by Crippen LogP contribution is -2.65. The number of hydrogen-bond donors (Lipinski definition) is 3.